The molecule has 0 aromatic heterocycles. The second-order valence-electron chi connectivity index (χ2n) is 5.48. The lowest BCUT2D eigenvalue weighted by Crippen LogP contribution is -2.23. The van der Waals surface area contributed by atoms with E-state index >= 15 is 0 Å². The van der Waals surface area contributed by atoms with Crippen LogP contribution in [0.2, 0.25) is 5.02 Å². The summed E-state index contributed by atoms with van der Waals surface area (Å²) in [6, 6.07) is 4.19. The Morgan fingerprint density at radius 3 is 2.57 bits per heavy atom. The van der Waals surface area contributed by atoms with Gasteiger partial charge in [0.15, 0.2) is 0 Å². The molecule has 0 aliphatic carbocycles. The first-order chi connectivity index (χ1) is 9.83. The molecule has 1 unspecified atom stereocenters. The number of carbonyl (C=O) groups excluding carboxylic acids is 1. The molecule has 1 atom stereocenters. The van der Waals surface area contributed by atoms with Crippen LogP contribution in [0.3, 0.4) is 0 Å². The summed E-state index contributed by atoms with van der Waals surface area (Å²) in [5.74, 6) is -0.714. The van der Waals surface area contributed by atoms with Gasteiger partial charge in [0.25, 0.3) is 0 Å². The summed E-state index contributed by atoms with van der Waals surface area (Å²) in [5, 5.41) is 11.9. The van der Waals surface area contributed by atoms with Crippen LogP contribution in [0.25, 0.3) is 0 Å². The number of rotatable bonds is 7. The molecule has 116 valence electrons. The number of hydrogen-bond donors (Lipinski definition) is 3. The summed E-state index contributed by atoms with van der Waals surface area (Å²) in [7, 11) is 0. The summed E-state index contributed by atoms with van der Waals surface area (Å²) >= 11 is 5.97. The molecule has 0 aliphatic heterocycles. The average Bonchev–Trinajstić information content (AvgIpc) is 2.39. The molecule has 1 aromatic rings. The van der Waals surface area contributed by atoms with Crippen molar-refractivity contribution < 1.29 is 14.7 Å². The Kier molecular flexibility index (Phi) is 6.65. The molecular formula is C15H21ClN2O3. The lowest BCUT2D eigenvalue weighted by molar-refractivity contribution is -0.117. The van der Waals surface area contributed by atoms with Crippen molar-refractivity contribution in [3.8, 4) is 0 Å². The molecule has 0 radical (unpaired) electrons. The van der Waals surface area contributed by atoms with Gasteiger partial charge in [-0.1, -0.05) is 25.4 Å². The van der Waals surface area contributed by atoms with Gasteiger partial charge in [0.1, 0.15) is 0 Å². The van der Waals surface area contributed by atoms with Gasteiger partial charge < -0.3 is 16.2 Å². The summed E-state index contributed by atoms with van der Waals surface area (Å²) in [6.45, 7) is 4.59. The van der Waals surface area contributed by atoms with Crippen molar-refractivity contribution in [3.63, 3.8) is 0 Å². The number of anilines is 1. The van der Waals surface area contributed by atoms with E-state index in [9.17, 15) is 9.59 Å². The van der Waals surface area contributed by atoms with Gasteiger partial charge in [-0.25, -0.2) is 4.79 Å². The minimum atomic E-state index is -1.07. The zero-order valence-electron chi connectivity index (χ0n) is 12.2. The van der Waals surface area contributed by atoms with Crippen molar-refractivity contribution in [1.82, 2.24) is 0 Å². The number of nitrogens with one attached hydrogen (secondary N) is 1. The molecule has 0 fully saturated rings. The number of nitrogens with two attached hydrogens (primary N) is 1. The van der Waals surface area contributed by atoms with Gasteiger partial charge in [0.05, 0.1) is 16.3 Å². The van der Waals surface area contributed by atoms with Gasteiger partial charge in [-0.2, -0.15) is 0 Å². The van der Waals surface area contributed by atoms with E-state index in [0.29, 0.717) is 29.6 Å². The van der Waals surface area contributed by atoms with Crippen molar-refractivity contribution in [2.75, 3.05) is 11.9 Å². The highest BCUT2D eigenvalue weighted by atomic mass is 35.5. The van der Waals surface area contributed by atoms with Gasteiger partial charge >= 0.3 is 5.97 Å². The fourth-order valence-corrected chi connectivity index (χ4v) is 2.31. The van der Waals surface area contributed by atoms with Crippen LogP contribution in [-0.2, 0) is 4.79 Å². The first-order valence-electron chi connectivity index (χ1n) is 6.86. The van der Waals surface area contributed by atoms with Crippen LogP contribution >= 0.6 is 11.6 Å². The minimum Gasteiger partial charge on any atom is -0.478 e. The molecule has 1 amide bonds. The van der Waals surface area contributed by atoms with E-state index in [4.69, 9.17) is 22.4 Å². The molecule has 0 aliphatic rings. The predicted molar refractivity (Wildman–Crippen MR) is 83.7 cm³/mol. The maximum atomic E-state index is 12.0. The van der Waals surface area contributed by atoms with Crippen molar-refractivity contribution >= 4 is 29.2 Å². The summed E-state index contributed by atoms with van der Waals surface area (Å²) < 4.78 is 0. The van der Waals surface area contributed by atoms with E-state index in [-0.39, 0.29) is 17.4 Å². The van der Waals surface area contributed by atoms with Crippen LogP contribution in [0.1, 0.15) is 37.0 Å². The Morgan fingerprint density at radius 1 is 1.38 bits per heavy atom. The molecule has 0 heterocycles. The lowest BCUT2D eigenvalue weighted by Gasteiger charge is -2.17. The maximum absolute atomic E-state index is 12.0. The number of carbonyl (C=O) groups is 2. The second kappa shape index (κ2) is 8.00. The number of amides is 1. The van der Waals surface area contributed by atoms with Crippen LogP contribution in [-0.4, -0.2) is 23.5 Å². The van der Waals surface area contributed by atoms with Gasteiger partial charge in [0.2, 0.25) is 5.91 Å². The molecule has 1 rings (SSSR count). The first kappa shape index (κ1) is 17.5. The standard InChI is InChI=1S/C15H21ClN2O3/c1-9(2)5-10(8-17)6-14(19)18-13-7-11(15(20)21)3-4-12(13)16/h3-4,7,9-10H,5-6,8,17H2,1-2H3,(H,18,19)(H,20,21). The first-order valence-corrected chi connectivity index (χ1v) is 7.24. The van der Waals surface area contributed by atoms with Crippen molar-refractivity contribution in [1.29, 1.82) is 0 Å². The third kappa shape index (κ3) is 5.73. The number of carboxylic acid groups (broad SMARTS) is 1. The Bertz CT molecular complexity index is 518. The van der Waals surface area contributed by atoms with Crippen molar-refractivity contribution in [2.45, 2.75) is 26.7 Å². The van der Waals surface area contributed by atoms with Crippen LogP contribution in [0, 0.1) is 11.8 Å². The van der Waals surface area contributed by atoms with Gasteiger partial charge in [0, 0.05) is 6.42 Å². The van der Waals surface area contributed by atoms with Crippen molar-refractivity contribution in [2.24, 2.45) is 17.6 Å². The van der Waals surface area contributed by atoms with E-state index in [0.717, 1.165) is 6.42 Å². The van der Waals surface area contributed by atoms with Gasteiger partial charge in [-0.3, -0.25) is 4.79 Å². The minimum absolute atomic E-state index is 0.0762. The summed E-state index contributed by atoms with van der Waals surface area (Å²) in [6.07, 6.45) is 1.16. The van der Waals surface area contributed by atoms with Crippen molar-refractivity contribution in [3.05, 3.63) is 28.8 Å². The molecule has 0 bridgehead atoms. The molecule has 5 nitrogen and oxygen atoms in total. The van der Waals surface area contributed by atoms with Crippen LogP contribution in [0.5, 0.6) is 0 Å². The Hall–Kier alpha value is -1.59. The zero-order valence-corrected chi connectivity index (χ0v) is 13.0. The molecule has 0 spiro atoms. The highest BCUT2D eigenvalue weighted by Gasteiger charge is 2.16. The molecule has 0 saturated carbocycles. The largest absolute Gasteiger partial charge is 0.478 e. The molecular weight excluding hydrogens is 292 g/mol. The normalized spacial score (nSPS) is 12.2. The van der Waals surface area contributed by atoms with E-state index in [1.165, 1.54) is 18.2 Å². The lowest BCUT2D eigenvalue weighted by atomic mass is 9.94. The topological polar surface area (TPSA) is 92.4 Å². The van der Waals surface area contributed by atoms with Gasteiger partial charge in [-0.05, 0) is 43.0 Å². The van der Waals surface area contributed by atoms with Crippen LogP contribution in [0.15, 0.2) is 18.2 Å². The molecule has 21 heavy (non-hydrogen) atoms. The smallest absolute Gasteiger partial charge is 0.335 e. The number of benzene rings is 1. The third-order valence-electron chi connectivity index (χ3n) is 3.10. The van der Waals surface area contributed by atoms with Crippen LogP contribution < -0.4 is 11.1 Å². The third-order valence-corrected chi connectivity index (χ3v) is 3.43. The average molecular weight is 313 g/mol. The number of halogens is 1. The van der Waals surface area contributed by atoms with E-state index in [2.05, 4.69) is 19.2 Å². The van der Waals surface area contributed by atoms with E-state index in [1.807, 2.05) is 0 Å². The number of hydrogen-bond acceptors (Lipinski definition) is 3. The number of aromatic carboxylic acids is 1. The van der Waals surface area contributed by atoms with E-state index < -0.39 is 5.97 Å². The molecule has 6 heteroatoms. The Morgan fingerprint density at radius 2 is 2.05 bits per heavy atom. The highest BCUT2D eigenvalue weighted by molar-refractivity contribution is 6.33. The fraction of sp³-hybridized carbons (Fsp3) is 0.467. The zero-order chi connectivity index (χ0) is 16.0. The Balaban J connectivity index is 2.74. The maximum Gasteiger partial charge on any atom is 0.335 e. The highest BCUT2D eigenvalue weighted by Crippen LogP contribution is 2.24. The van der Waals surface area contributed by atoms with Gasteiger partial charge in [-0.15, -0.1) is 0 Å². The molecule has 1 aromatic carbocycles. The summed E-state index contributed by atoms with van der Waals surface area (Å²) in [5.41, 5.74) is 6.06. The second-order valence-corrected chi connectivity index (χ2v) is 5.89. The Labute approximate surface area is 129 Å². The molecule has 0 saturated heterocycles. The summed E-state index contributed by atoms with van der Waals surface area (Å²) in [4.78, 5) is 22.9. The molecule has 4 N–H and O–H groups in total. The SMILES string of the molecule is CC(C)CC(CN)CC(=O)Nc1cc(C(=O)O)ccc1Cl. The fourth-order valence-electron chi connectivity index (χ4n) is 2.15. The number of carboxylic acids is 1. The van der Waals surface area contributed by atoms with Crippen LogP contribution in [0.4, 0.5) is 5.69 Å². The monoisotopic (exact) mass is 312 g/mol. The predicted octanol–water partition coefficient (Wildman–Crippen LogP) is 2.99. The quantitative estimate of drug-likeness (QED) is 0.721. The van der Waals surface area contributed by atoms with E-state index in [1.54, 1.807) is 0 Å².